The van der Waals surface area contributed by atoms with Crippen molar-refractivity contribution >= 4 is 29.0 Å². The summed E-state index contributed by atoms with van der Waals surface area (Å²) < 4.78 is 14.4. The van der Waals surface area contributed by atoms with Crippen molar-refractivity contribution in [3.8, 4) is 0 Å². The van der Waals surface area contributed by atoms with Gasteiger partial charge in [-0.2, -0.15) is 0 Å². The summed E-state index contributed by atoms with van der Waals surface area (Å²) in [4.78, 5) is 45.8. The van der Waals surface area contributed by atoms with Crippen LogP contribution in [-0.2, 0) is 19.9 Å². The lowest BCUT2D eigenvalue weighted by atomic mass is 9.82. The summed E-state index contributed by atoms with van der Waals surface area (Å²) in [6.07, 6.45) is 1.57. The van der Waals surface area contributed by atoms with Crippen LogP contribution in [0.4, 0.5) is 10.1 Å². The molecule has 184 valence electrons. The van der Waals surface area contributed by atoms with E-state index in [0.717, 1.165) is 18.9 Å². The molecule has 1 fully saturated rings. The number of amides is 2. The van der Waals surface area contributed by atoms with Gasteiger partial charge in [-0.15, -0.1) is 0 Å². The molecule has 1 N–H and O–H groups in total. The molecule has 2 aromatic carbocycles. The van der Waals surface area contributed by atoms with Crippen LogP contribution < -0.4 is 4.90 Å². The Morgan fingerprint density at radius 1 is 1.09 bits per heavy atom. The molecule has 8 heteroatoms. The average molecular weight is 480 g/mol. The molecular formula is C27H30FN3O4. The summed E-state index contributed by atoms with van der Waals surface area (Å²) >= 11 is 0. The second-order valence-electron chi connectivity index (χ2n) is 9.31. The van der Waals surface area contributed by atoms with Gasteiger partial charge in [0.05, 0.1) is 11.3 Å². The van der Waals surface area contributed by atoms with Gasteiger partial charge in [0.2, 0.25) is 0 Å². The van der Waals surface area contributed by atoms with Crippen LogP contribution in [0.15, 0.2) is 48.0 Å². The Morgan fingerprint density at radius 2 is 1.80 bits per heavy atom. The van der Waals surface area contributed by atoms with E-state index in [4.69, 9.17) is 0 Å². The number of ketones is 1. The number of hydrogen-bond acceptors (Lipinski definition) is 5. The Labute approximate surface area is 204 Å². The number of likely N-dealkylation sites (tertiary alicyclic amines) is 1. The number of fused-ring (bicyclic) bond motifs is 2. The number of halogens is 1. The number of hydrogen-bond donors (Lipinski definition) is 1. The van der Waals surface area contributed by atoms with Gasteiger partial charge in [-0.3, -0.25) is 14.4 Å². The van der Waals surface area contributed by atoms with E-state index >= 15 is 0 Å². The summed E-state index contributed by atoms with van der Waals surface area (Å²) in [6.45, 7) is 4.50. The lowest BCUT2D eigenvalue weighted by Gasteiger charge is -2.35. The first-order chi connectivity index (χ1) is 16.7. The molecular weight excluding hydrogens is 449 g/mol. The highest BCUT2D eigenvalue weighted by Gasteiger charge is 2.66. The number of unbranched alkanes of at least 4 members (excludes halogenated alkanes) is 1. The molecule has 7 nitrogen and oxygen atoms in total. The Morgan fingerprint density at radius 3 is 2.46 bits per heavy atom. The molecule has 1 spiro atoms. The predicted molar refractivity (Wildman–Crippen MR) is 131 cm³/mol. The van der Waals surface area contributed by atoms with Crippen molar-refractivity contribution in [1.29, 1.82) is 0 Å². The highest BCUT2D eigenvalue weighted by Crippen LogP contribution is 2.53. The van der Waals surface area contributed by atoms with E-state index in [2.05, 4.69) is 0 Å². The molecule has 0 radical (unpaired) electrons. The number of carbonyl (C=O) groups is 3. The number of likely N-dealkylation sites (N-methyl/N-ethyl adjacent to an activating group) is 1. The van der Waals surface area contributed by atoms with E-state index in [1.54, 1.807) is 36.1 Å². The van der Waals surface area contributed by atoms with Crippen LogP contribution in [0.5, 0.6) is 0 Å². The molecule has 4 rings (SSSR count). The smallest absolute Gasteiger partial charge is 0.296 e. The monoisotopic (exact) mass is 479 g/mol. The Kier molecular flexibility index (Phi) is 6.51. The first kappa shape index (κ1) is 24.6. The lowest BCUT2D eigenvalue weighted by molar-refractivity contribution is -0.143. The van der Waals surface area contributed by atoms with E-state index < -0.39 is 34.7 Å². The second-order valence-corrected chi connectivity index (χ2v) is 9.31. The number of rotatable bonds is 7. The summed E-state index contributed by atoms with van der Waals surface area (Å²) in [6, 6.07) is 11.1. The van der Waals surface area contributed by atoms with Crippen molar-refractivity contribution < 1.29 is 23.9 Å². The van der Waals surface area contributed by atoms with Crippen molar-refractivity contribution in [3.63, 3.8) is 0 Å². The minimum Gasteiger partial charge on any atom is -0.507 e. The predicted octanol–water partition coefficient (Wildman–Crippen LogP) is 3.42. The maximum absolute atomic E-state index is 14.4. The Balaban J connectivity index is 2.03. The van der Waals surface area contributed by atoms with E-state index in [0.29, 0.717) is 29.9 Å². The molecule has 1 atom stereocenters. The van der Waals surface area contributed by atoms with Gasteiger partial charge in [-0.1, -0.05) is 43.7 Å². The maximum atomic E-state index is 14.4. The number of aliphatic hydroxyl groups is 1. The third kappa shape index (κ3) is 3.72. The molecule has 0 unspecified atom stereocenters. The van der Waals surface area contributed by atoms with Gasteiger partial charge < -0.3 is 19.8 Å². The number of benzene rings is 2. The van der Waals surface area contributed by atoms with Crippen molar-refractivity contribution in [2.24, 2.45) is 0 Å². The fourth-order valence-corrected chi connectivity index (χ4v) is 4.89. The largest absolute Gasteiger partial charge is 0.507 e. The summed E-state index contributed by atoms with van der Waals surface area (Å²) in [7, 11) is 3.66. The van der Waals surface area contributed by atoms with Crippen LogP contribution in [0.3, 0.4) is 0 Å². The van der Waals surface area contributed by atoms with E-state index in [1.165, 1.54) is 17.0 Å². The molecule has 2 aliphatic heterocycles. The lowest BCUT2D eigenvalue weighted by Crippen LogP contribution is -2.53. The van der Waals surface area contributed by atoms with Crippen molar-refractivity contribution in [1.82, 2.24) is 9.80 Å². The van der Waals surface area contributed by atoms with Crippen LogP contribution in [0.1, 0.15) is 36.5 Å². The quantitative estimate of drug-likeness (QED) is 0.374. The molecule has 0 aromatic heterocycles. The van der Waals surface area contributed by atoms with Gasteiger partial charge in [0.15, 0.2) is 5.54 Å². The molecule has 1 saturated heterocycles. The van der Waals surface area contributed by atoms with E-state index in [9.17, 15) is 23.9 Å². The number of Topliss-reactive ketones (excluding diaryl/α,β-unsaturated/α-hetero) is 1. The number of nitrogens with zero attached hydrogens (tertiary/aromatic N) is 3. The molecule has 35 heavy (non-hydrogen) atoms. The zero-order valence-corrected chi connectivity index (χ0v) is 20.5. The minimum atomic E-state index is -1.82. The maximum Gasteiger partial charge on any atom is 0.296 e. The van der Waals surface area contributed by atoms with Crippen molar-refractivity contribution in [2.45, 2.75) is 32.2 Å². The standard InChI is InChI=1S/C27H30FN3O4/c1-5-6-13-30-21-10-8-7-9-19(21)27(26(30)35)22(23(32)18-12-11-17(2)20(28)16-18)24(33)25(34)31(27)15-14-29(3)4/h7-12,16,32H,5-6,13-15H2,1-4H3/t27-/m0/s1. The highest BCUT2D eigenvalue weighted by molar-refractivity contribution is 6.50. The fourth-order valence-electron chi connectivity index (χ4n) is 4.89. The third-order valence-corrected chi connectivity index (χ3v) is 6.76. The van der Waals surface area contributed by atoms with Gasteiger partial charge in [-0.25, -0.2) is 4.39 Å². The SMILES string of the molecule is CCCCN1C(=O)[C@@]2(C(=C(O)c3ccc(C)c(F)c3)C(=O)C(=O)N2CCN(C)C)c2ccccc21. The molecule has 0 saturated carbocycles. The average Bonchev–Trinajstić information content (AvgIpc) is 3.20. The molecule has 0 aliphatic carbocycles. The van der Waals surface area contributed by atoms with E-state index in [1.807, 2.05) is 25.9 Å². The number of aliphatic hydroxyl groups excluding tert-OH is 1. The number of para-hydroxylation sites is 1. The normalized spacial score (nSPS) is 21.0. The Bertz CT molecular complexity index is 1240. The van der Waals surface area contributed by atoms with Crippen LogP contribution in [0.2, 0.25) is 0 Å². The van der Waals surface area contributed by atoms with Gasteiger partial charge in [0.1, 0.15) is 11.6 Å². The first-order valence-electron chi connectivity index (χ1n) is 11.8. The van der Waals surface area contributed by atoms with Crippen molar-refractivity contribution in [2.75, 3.05) is 38.6 Å². The zero-order chi connectivity index (χ0) is 25.5. The molecule has 2 aliphatic rings. The first-order valence-corrected chi connectivity index (χ1v) is 11.8. The van der Waals surface area contributed by atoms with Gasteiger partial charge >= 0.3 is 0 Å². The van der Waals surface area contributed by atoms with Gasteiger partial charge in [-0.05, 0) is 45.1 Å². The van der Waals surface area contributed by atoms with E-state index in [-0.39, 0.29) is 17.7 Å². The van der Waals surface area contributed by atoms with Crippen LogP contribution in [0.25, 0.3) is 5.76 Å². The molecule has 2 heterocycles. The third-order valence-electron chi connectivity index (χ3n) is 6.76. The summed E-state index contributed by atoms with van der Waals surface area (Å²) in [5, 5.41) is 11.4. The summed E-state index contributed by atoms with van der Waals surface area (Å²) in [5.41, 5.74) is -0.663. The molecule has 0 bridgehead atoms. The van der Waals surface area contributed by atoms with Crippen LogP contribution in [-0.4, -0.2) is 66.2 Å². The molecule has 2 amide bonds. The number of anilines is 1. The topological polar surface area (TPSA) is 81.2 Å². The summed E-state index contributed by atoms with van der Waals surface area (Å²) in [5.74, 6) is -3.40. The number of aryl methyl sites for hydroxylation is 1. The van der Waals surface area contributed by atoms with Crippen LogP contribution in [0, 0.1) is 12.7 Å². The second kappa shape index (κ2) is 9.26. The zero-order valence-electron chi connectivity index (χ0n) is 20.5. The number of carbonyl (C=O) groups excluding carboxylic acids is 3. The fraction of sp³-hybridized carbons (Fsp3) is 0.370. The van der Waals surface area contributed by atoms with Crippen LogP contribution >= 0.6 is 0 Å². The Hall–Kier alpha value is -3.52. The van der Waals surface area contributed by atoms with Gasteiger partial charge in [0, 0.05) is 30.8 Å². The van der Waals surface area contributed by atoms with Gasteiger partial charge in [0.25, 0.3) is 17.6 Å². The highest BCUT2D eigenvalue weighted by atomic mass is 19.1. The minimum absolute atomic E-state index is 0.0374. The molecule has 2 aromatic rings. The van der Waals surface area contributed by atoms with Crippen molar-refractivity contribution in [3.05, 3.63) is 70.5 Å².